The first-order chi connectivity index (χ1) is 26.7. The Morgan fingerprint density at radius 1 is 1.14 bits per heavy atom. The number of allylic oxidation sites excluding steroid dienone is 1. The number of hydrogen-bond donors (Lipinski definition) is 3. The molecule has 2 aliphatic carbocycles. The summed E-state index contributed by atoms with van der Waals surface area (Å²) in [6.45, 7) is 5.03. The minimum Gasteiger partial charge on any atom is -0.497 e. The second-order valence-corrected chi connectivity index (χ2v) is 17.6. The van der Waals surface area contributed by atoms with Crippen molar-refractivity contribution in [1.82, 2.24) is 35.0 Å². The molecule has 0 bridgehead atoms. The molecule has 0 spiro atoms. The summed E-state index contributed by atoms with van der Waals surface area (Å²) in [7, 11) is -2.36. The second kappa shape index (κ2) is 15.4. The van der Waals surface area contributed by atoms with Crippen LogP contribution in [0.3, 0.4) is 0 Å². The molecule has 0 radical (unpaired) electrons. The largest absolute Gasteiger partial charge is 0.497 e. The maximum absolute atomic E-state index is 14.5. The molecule has 17 nitrogen and oxygen atoms in total. The number of alkyl carbamates (subject to hydrolysis) is 1. The summed E-state index contributed by atoms with van der Waals surface area (Å²) in [4.78, 5) is 61.8. The number of nitrogens with one attached hydrogen (secondary N) is 3. The van der Waals surface area contributed by atoms with Gasteiger partial charge in [0.25, 0.3) is 5.91 Å². The highest BCUT2D eigenvalue weighted by molar-refractivity contribution is 7.91. The van der Waals surface area contributed by atoms with Gasteiger partial charge in [-0.1, -0.05) is 12.2 Å². The average Bonchev–Trinajstić information content (AvgIpc) is 4.00. The Labute approximate surface area is 324 Å². The fourth-order valence-corrected chi connectivity index (χ4v) is 8.38. The Morgan fingerprint density at radius 3 is 2.66 bits per heavy atom. The first-order valence-corrected chi connectivity index (χ1v) is 20.3. The van der Waals surface area contributed by atoms with E-state index < -0.39 is 74.3 Å². The quantitative estimate of drug-likeness (QED) is 0.281. The normalized spacial score (nSPS) is 26.5. The average molecular weight is 794 g/mol. The van der Waals surface area contributed by atoms with Crippen LogP contribution >= 0.6 is 0 Å². The van der Waals surface area contributed by atoms with Gasteiger partial charge >= 0.3 is 6.09 Å². The summed E-state index contributed by atoms with van der Waals surface area (Å²) in [5, 5.41) is 10.5. The summed E-state index contributed by atoms with van der Waals surface area (Å²) in [5.41, 5.74) is -2.41. The van der Waals surface area contributed by atoms with Gasteiger partial charge in [0.1, 0.15) is 35.1 Å². The second-order valence-electron chi connectivity index (χ2n) is 15.6. The molecule has 2 aromatic heterocycles. The Hall–Kier alpha value is -5.23. The lowest BCUT2D eigenvalue weighted by atomic mass is 10.1. The highest BCUT2D eigenvalue weighted by Gasteiger charge is 2.62. The number of carbonyl (C=O) groups is 4. The molecule has 300 valence electrons. The number of amides is 4. The predicted molar refractivity (Wildman–Crippen MR) is 201 cm³/mol. The summed E-state index contributed by atoms with van der Waals surface area (Å²) in [6, 6.07) is 6.53. The van der Waals surface area contributed by atoms with Crippen LogP contribution in [0.5, 0.6) is 11.6 Å². The minimum atomic E-state index is -3.92. The van der Waals surface area contributed by atoms with E-state index in [1.165, 1.54) is 4.90 Å². The van der Waals surface area contributed by atoms with Crippen LogP contribution < -0.4 is 24.8 Å². The topological polar surface area (TPSA) is 209 Å². The third-order valence-corrected chi connectivity index (χ3v) is 11.9. The lowest BCUT2D eigenvalue weighted by Gasteiger charge is -2.30. The number of pyridine rings is 1. The number of fused-ring (bicyclic) bond motifs is 3. The Bertz CT molecular complexity index is 2130. The molecule has 2 aliphatic heterocycles. The zero-order valence-electron chi connectivity index (χ0n) is 31.7. The molecule has 56 heavy (non-hydrogen) atoms. The first-order valence-electron chi connectivity index (χ1n) is 18.7. The van der Waals surface area contributed by atoms with Gasteiger partial charge in [-0.3, -0.25) is 19.1 Å². The molecule has 2 saturated carbocycles. The van der Waals surface area contributed by atoms with Crippen LogP contribution in [0.25, 0.3) is 16.6 Å². The molecule has 1 aromatic carbocycles. The third kappa shape index (κ3) is 8.60. The molecule has 4 heterocycles. The minimum absolute atomic E-state index is 0.0263. The highest BCUT2D eigenvalue weighted by atomic mass is 32.2. The number of sulfonamides is 1. The van der Waals surface area contributed by atoms with Gasteiger partial charge in [-0.15, -0.1) is 0 Å². The van der Waals surface area contributed by atoms with Crippen molar-refractivity contribution in [2.45, 2.75) is 93.9 Å². The van der Waals surface area contributed by atoms with E-state index in [2.05, 4.69) is 20.5 Å². The van der Waals surface area contributed by atoms with Crippen LogP contribution in [0.15, 0.2) is 54.9 Å². The van der Waals surface area contributed by atoms with Gasteiger partial charge in [-0.2, -0.15) is 10.1 Å². The molecule has 3 N–H and O–H groups in total. The molecule has 3 aromatic rings. The Morgan fingerprint density at radius 2 is 1.95 bits per heavy atom. The van der Waals surface area contributed by atoms with Crippen molar-refractivity contribution in [3.8, 4) is 17.4 Å². The maximum atomic E-state index is 14.5. The number of hydrogen-bond acceptors (Lipinski definition) is 12. The van der Waals surface area contributed by atoms with Gasteiger partial charge < -0.3 is 34.5 Å². The van der Waals surface area contributed by atoms with E-state index in [9.17, 15) is 27.6 Å². The summed E-state index contributed by atoms with van der Waals surface area (Å²) >= 11 is 0. The van der Waals surface area contributed by atoms with Gasteiger partial charge in [-0.05, 0) is 88.6 Å². The number of benzene rings is 1. The van der Waals surface area contributed by atoms with E-state index in [4.69, 9.17) is 23.9 Å². The third-order valence-electron chi connectivity index (χ3n) is 10.1. The zero-order valence-corrected chi connectivity index (χ0v) is 32.5. The van der Waals surface area contributed by atoms with Gasteiger partial charge in [-0.25, -0.2) is 17.9 Å². The van der Waals surface area contributed by atoms with Crippen LogP contribution in [0.2, 0.25) is 0 Å². The van der Waals surface area contributed by atoms with Gasteiger partial charge in [0.05, 0.1) is 25.5 Å². The van der Waals surface area contributed by atoms with Crippen LogP contribution in [-0.2, 0) is 33.9 Å². The van der Waals surface area contributed by atoms with E-state index in [0.29, 0.717) is 42.6 Å². The SMILES string of the molecule is COc1ccc2c(OC3C[C@H]4C(=O)N[C@]5(C(=O)NS(=O)(=O)C6CC6)CC5/C=C\CCCOC[C@H](NC(=O)OC(C)(C)C)C(=O)N4C3)nc(-n3cccn3)cc2c1. The first kappa shape index (κ1) is 39.0. The molecule has 18 heteroatoms. The van der Waals surface area contributed by atoms with Crippen LogP contribution in [-0.4, -0.2) is 113 Å². The standard InChI is InChI=1S/C38H47N7O10S/c1-37(2,3)55-36(49)40-29-22-53-16-7-5-6-9-24-20-38(24,35(48)43-56(50,51)27-11-12-27)42-32(46)30-19-26(21-44(30)34(29)47)54-33-28-13-10-25(52-4)17-23(28)18-31(41-33)45-15-8-14-39-45/h6,8-10,13-15,17-18,24,26-27,29-30H,5,7,11-12,16,19-22H2,1-4H3,(H,40,49)(H,42,46)(H,43,48)/b9-6-/t24?,26?,29-,30-,38+/m0/s1. The lowest BCUT2D eigenvalue weighted by molar-refractivity contribution is -0.142. The molecular formula is C38H47N7O10S. The number of ether oxygens (including phenoxy) is 4. The van der Waals surface area contributed by atoms with Crippen LogP contribution in [0, 0.1) is 5.92 Å². The fraction of sp³-hybridized carbons (Fsp3) is 0.526. The van der Waals surface area contributed by atoms with Crippen LogP contribution in [0.1, 0.15) is 59.3 Å². The van der Waals surface area contributed by atoms with Crippen molar-refractivity contribution in [3.05, 3.63) is 54.9 Å². The van der Waals surface area contributed by atoms with Crippen molar-refractivity contribution < 1.29 is 46.5 Å². The number of aromatic nitrogens is 3. The van der Waals surface area contributed by atoms with Gasteiger partial charge in [0.15, 0.2) is 5.82 Å². The maximum Gasteiger partial charge on any atom is 0.408 e. The Kier molecular flexibility index (Phi) is 10.7. The van der Waals surface area contributed by atoms with Crippen molar-refractivity contribution >= 4 is 44.6 Å². The predicted octanol–water partition coefficient (Wildman–Crippen LogP) is 2.52. The van der Waals surface area contributed by atoms with Crippen LogP contribution in [0.4, 0.5) is 4.79 Å². The van der Waals surface area contributed by atoms with E-state index in [-0.39, 0.29) is 38.5 Å². The molecule has 4 aliphatic rings. The molecule has 5 atom stereocenters. The summed E-state index contributed by atoms with van der Waals surface area (Å²) < 4.78 is 52.8. The number of carbonyl (C=O) groups excluding carboxylic acids is 4. The molecule has 4 amide bonds. The Balaban J connectivity index is 1.22. The molecular weight excluding hydrogens is 747 g/mol. The van der Waals surface area contributed by atoms with E-state index >= 15 is 0 Å². The smallest absolute Gasteiger partial charge is 0.408 e. The fourth-order valence-electron chi connectivity index (χ4n) is 7.02. The van der Waals surface area contributed by atoms with Gasteiger partial charge in [0.2, 0.25) is 27.7 Å². The van der Waals surface area contributed by atoms with Crippen molar-refractivity contribution in [3.63, 3.8) is 0 Å². The van der Waals surface area contributed by atoms with Crippen molar-refractivity contribution in [1.29, 1.82) is 0 Å². The highest BCUT2D eigenvalue weighted by Crippen LogP contribution is 2.46. The van der Waals surface area contributed by atoms with Crippen molar-refractivity contribution in [2.75, 3.05) is 26.9 Å². The molecule has 2 unspecified atom stereocenters. The summed E-state index contributed by atoms with van der Waals surface area (Å²) in [5.74, 6) is -1.34. The van der Waals surface area contributed by atoms with Gasteiger partial charge in [0, 0.05) is 36.7 Å². The number of methoxy groups -OCH3 is 1. The molecule has 1 saturated heterocycles. The monoisotopic (exact) mass is 793 g/mol. The van der Waals surface area contributed by atoms with Crippen molar-refractivity contribution in [2.24, 2.45) is 5.92 Å². The number of nitrogens with zero attached hydrogens (tertiary/aromatic N) is 4. The zero-order chi connectivity index (χ0) is 39.8. The van der Waals surface area contributed by atoms with E-state index in [1.54, 1.807) is 69.2 Å². The lowest BCUT2D eigenvalue weighted by Crippen LogP contribution is -2.59. The molecule has 3 fully saturated rings. The summed E-state index contributed by atoms with van der Waals surface area (Å²) in [6.07, 6.45) is 7.54. The number of rotatable bonds is 8. The van der Waals surface area contributed by atoms with E-state index in [1.807, 2.05) is 18.2 Å². The van der Waals surface area contributed by atoms with E-state index in [0.717, 1.165) is 5.39 Å². The molecule has 7 rings (SSSR count).